The van der Waals surface area contributed by atoms with Crippen LogP contribution in [0.25, 0.3) is 11.1 Å². The summed E-state index contributed by atoms with van der Waals surface area (Å²) >= 11 is 0. The number of aromatic nitrogens is 2. The largest absolute Gasteiger partial charge is 0.496 e. The quantitative estimate of drug-likeness (QED) is 0.213. The molecule has 10 heteroatoms. The van der Waals surface area contributed by atoms with Gasteiger partial charge in [-0.15, -0.1) is 0 Å². The molecule has 3 N–H and O–H groups in total. The third-order valence-corrected chi connectivity index (χ3v) is 10.5. The lowest BCUT2D eigenvalue weighted by Gasteiger charge is -2.36. The van der Waals surface area contributed by atoms with E-state index < -0.39 is 12.1 Å². The van der Waals surface area contributed by atoms with Crippen LogP contribution in [0.4, 0.5) is 10.5 Å². The van der Waals surface area contributed by atoms with Crippen LogP contribution in [-0.2, 0) is 9.53 Å². The van der Waals surface area contributed by atoms with E-state index in [0.717, 1.165) is 53.8 Å². The number of carbonyl (C=O) groups is 2. The first kappa shape index (κ1) is 34.0. The fourth-order valence-electron chi connectivity index (χ4n) is 7.44. The summed E-state index contributed by atoms with van der Waals surface area (Å²) in [6.07, 6.45) is 12.2. The molecule has 0 spiro atoms. The molecule has 0 saturated heterocycles. The molecule has 0 atom stereocenters. The van der Waals surface area contributed by atoms with Crippen molar-refractivity contribution in [2.24, 2.45) is 11.8 Å². The first-order valence-corrected chi connectivity index (χ1v) is 17.6. The molecular weight excluding hydrogens is 608 g/mol. The number of alkyl carbamates (subject to hydrolysis) is 1. The zero-order valence-corrected chi connectivity index (χ0v) is 28.2. The molecule has 3 saturated carbocycles. The van der Waals surface area contributed by atoms with E-state index in [-0.39, 0.29) is 31.1 Å². The molecule has 1 heterocycles. The molecule has 258 valence electrons. The van der Waals surface area contributed by atoms with Gasteiger partial charge in [-0.25, -0.2) is 4.79 Å². The van der Waals surface area contributed by atoms with Gasteiger partial charge in [-0.3, -0.25) is 9.48 Å². The summed E-state index contributed by atoms with van der Waals surface area (Å²) in [6, 6.07) is 14.6. The number of hydrogen-bond acceptors (Lipinski definition) is 7. The maximum atomic E-state index is 14.4. The predicted molar refractivity (Wildman–Crippen MR) is 184 cm³/mol. The van der Waals surface area contributed by atoms with E-state index in [1.165, 1.54) is 18.4 Å². The van der Waals surface area contributed by atoms with Crippen molar-refractivity contribution in [3.05, 3.63) is 66.0 Å². The Bertz CT molecular complexity index is 1530. The van der Waals surface area contributed by atoms with Crippen molar-refractivity contribution in [2.75, 3.05) is 31.8 Å². The summed E-state index contributed by atoms with van der Waals surface area (Å²) in [5, 5.41) is 25.6. The van der Waals surface area contributed by atoms with E-state index in [0.29, 0.717) is 50.1 Å². The van der Waals surface area contributed by atoms with Crippen LogP contribution in [0.15, 0.2) is 54.9 Å². The van der Waals surface area contributed by atoms with Crippen LogP contribution in [0.3, 0.4) is 0 Å². The Morgan fingerprint density at radius 3 is 2.38 bits per heavy atom. The summed E-state index contributed by atoms with van der Waals surface area (Å²) in [6.45, 7) is 2.05. The number of hydrogen-bond donors (Lipinski definition) is 3. The molecule has 0 radical (unpaired) electrons. The summed E-state index contributed by atoms with van der Waals surface area (Å²) < 4.78 is 13.1. The van der Waals surface area contributed by atoms with Crippen LogP contribution < -0.4 is 15.0 Å². The number of benzene rings is 2. The number of nitrogens with one attached hydrogen (secondary N) is 1. The number of methoxy groups -OCH3 is 1. The average molecular weight is 659 g/mol. The van der Waals surface area contributed by atoms with E-state index in [1.54, 1.807) is 7.11 Å². The molecule has 3 fully saturated rings. The maximum absolute atomic E-state index is 14.4. The van der Waals surface area contributed by atoms with E-state index >= 15 is 0 Å². The predicted octanol–water partition coefficient (Wildman–Crippen LogP) is 6.15. The maximum Gasteiger partial charge on any atom is 0.407 e. The number of aliphatic hydroxyl groups is 2. The van der Waals surface area contributed by atoms with Gasteiger partial charge < -0.3 is 29.9 Å². The van der Waals surface area contributed by atoms with Crippen molar-refractivity contribution >= 4 is 17.7 Å². The molecule has 2 amide bonds. The molecule has 0 aliphatic heterocycles. The van der Waals surface area contributed by atoms with Crippen molar-refractivity contribution in [1.29, 1.82) is 0 Å². The first-order chi connectivity index (χ1) is 23.3. The molecule has 2 aromatic carbocycles. The summed E-state index contributed by atoms with van der Waals surface area (Å²) in [5.41, 5.74) is 5.57. The number of anilines is 1. The van der Waals surface area contributed by atoms with Gasteiger partial charge in [0, 0.05) is 29.9 Å². The minimum absolute atomic E-state index is 0.136. The van der Waals surface area contributed by atoms with Gasteiger partial charge in [-0.05, 0) is 118 Å². The topological polar surface area (TPSA) is 126 Å². The molecule has 10 nitrogen and oxygen atoms in total. The second-order valence-electron chi connectivity index (χ2n) is 14.0. The van der Waals surface area contributed by atoms with Gasteiger partial charge in [-0.1, -0.05) is 24.3 Å². The first-order valence-electron chi connectivity index (χ1n) is 17.6. The van der Waals surface area contributed by atoms with Gasteiger partial charge in [0.1, 0.15) is 11.9 Å². The smallest absolute Gasteiger partial charge is 0.407 e. The van der Waals surface area contributed by atoms with Crippen LogP contribution in [0.5, 0.6) is 5.75 Å². The normalized spacial score (nSPS) is 22.7. The fraction of sp³-hybridized carbons (Fsp3) is 0.553. The van der Waals surface area contributed by atoms with Crippen LogP contribution in [0, 0.1) is 18.8 Å². The number of carbonyl (C=O) groups excluding carboxylic acids is 2. The third-order valence-electron chi connectivity index (χ3n) is 10.5. The highest BCUT2D eigenvalue weighted by Crippen LogP contribution is 2.40. The number of rotatable bonds is 12. The Labute approximate surface area is 283 Å². The van der Waals surface area contributed by atoms with Crippen molar-refractivity contribution in [3.8, 4) is 16.9 Å². The molecular formula is C38H50N4O6. The van der Waals surface area contributed by atoms with E-state index in [9.17, 15) is 19.8 Å². The monoisotopic (exact) mass is 658 g/mol. The fourth-order valence-corrected chi connectivity index (χ4v) is 7.44. The van der Waals surface area contributed by atoms with Gasteiger partial charge >= 0.3 is 6.09 Å². The lowest BCUT2D eigenvalue weighted by molar-refractivity contribution is -0.124. The lowest BCUT2D eigenvalue weighted by atomic mass is 9.78. The molecule has 0 unspecified atom stereocenters. The zero-order valence-electron chi connectivity index (χ0n) is 28.2. The number of amides is 2. The summed E-state index contributed by atoms with van der Waals surface area (Å²) in [5.74, 6) is 1.82. The summed E-state index contributed by atoms with van der Waals surface area (Å²) in [7, 11) is 1.71. The van der Waals surface area contributed by atoms with Crippen molar-refractivity contribution < 1.29 is 29.3 Å². The standard InChI is InChI=1S/C38H50N4O6/c1-25-18-30(12-17-36(25)47-2)27-8-6-26(7-9-27)21-41(34-5-3-4-29(19-34)31-20-39-42(22-31)33-13-14-33)37(45)28-10-15-35(16-11-28)48-38(46)40-32(23-43)24-44/h3-5,12,17-20,22,26-28,32-33,35,43-44H,6-11,13-16,21,23-24H2,1-2H3,(H,40,46). The SMILES string of the molecule is COc1ccc(C2CCC(CN(C(=O)C3CCC(OC(=O)NC(CO)CO)CC3)c3cccc(-c4cnn(C5CC5)c4)c3)CC2)cc1C. The van der Waals surface area contributed by atoms with Crippen LogP contribution >= 0.6 is 0 Å². The van der Waals surface area contributed by atoms with Crippen molar-refractivity contribution in [1.82, 2.24) is 15.1 Å². The number of ether oxygens (including phenoxy) is 2. The highest BCUT2D eigenvalue weighted by Gasteiger charge is 2.34. The van der Waals surface area contributed by atoms with Gasteiger partial charge in [0.15, 0.2) is 0 Å². The second-order valence-corrected chi connectivity index (χ2v) is 14.0. The van der Waals surface area contributed by atoms with Gasteiger partial charge in [-0.2, -0.15) is 5.10 Å². The van der Waals surface area contributed by atoms with Gasteiger partial charge in [0.2, 0.25) is 5.91 Å². The molecule has 6 rings (SSSR count). The second kappa shape index (κ2) is 15.6. The van der Waals surface area contributed by atoms with Gasteiger partial charge in [0.05, 0.1) is 38.6 Å². The van der Waals surface area contributed by atoms with E-state index in [4.69, 9.17) is 9.47 Å². The van der Waals surface area contributed by atoms with Crippen LogP contribution in [-0.4, -0.2) is 71.0 Å². The number of aryl methyl sites for hydroxylation is 1. The number of nitrogens with zero attached hydrogens (tertiary/aromatic N) is 3. The molecule has 48 heavy (non-hydrogen) atoms. The van der Waals surface area contributed by atoms with E-state index in [1.807, 2.05) is 17.2 Å². The van der Waals surface area contributed by atoms with Crippen molar-refractivity contribution in [3.63, 3.8) is 0 Å². The minimum Gasteiger partial charge on any atom is -0.496 e. The van der Waals surface area contributed by atoms with Gasteiger partial charge in [0.25, 0.3) is 0 Å². The Kier molecular flexibility index (Phi) is 11.0. The molecule has 3 aliphatic carbocycles. The van der Waals surface area contributed by atoms with E-state index in [2.05, 4.69) is 64.6 Å². The summed E-state index contributed by atoms with van der Waals surface area (Å²) in [4.78, 5) is 28.7. The highest BCUT2D eigenvalue weighted by molar-refractivity contribution is 5.95. The van der Waals surface area contributed by atoms with Crippen LogP contribution in [0.2, 0.25) is 0 Å². The highest BCUT2D eigenvalue weighted by atomic mass is 16.6. The molecule has 3 aromatic rings. The Morgan fingerprint density at radius 1 is 0.958 bits per heavy atom. The van der Waals surface area contributed by atoms with Crippen molar-refractivity contribution in [2.45, 2.75) is 95.2 Å². The Hall–Kier alpha value is -3.89. The molecule has 3 aliphatic rings. The third kappa shape index (κ3) is 8.21. The Balaban J connectivity index is 1.14. The molecule has 1 aromatic heterocycles. The molecule has 0 bridgehead atoms. The minimum atomic E-state index is -0.752. The number of aliphatic hydroxyl groups excluding tert-OH is 2. The van der Waals surface area contributed by atoms with Crippen LogP contribution in [0.1, 0.15) is 87.3 Å². The average Bonchev–Trinajstić information content (AvgIpc) is 3.85. The zero-order chi connectivity index (χ0) is 33.6. The lowest BCUT2D eigenvalue weighted by Crippen LogP contribution is -2.44. The Morgan fingerprint density at radius 2 is 1.71 bits per heavy atom.